The van der Waals surface area contributed by atoms with E-state index in [0.29, 0.717) is 5.92 Å². The molecule has 0 aliphatic carbocycles. The summed E-state index contributed by atoms with van der Waals surface area (Å²) < 4.78 is 2.11. The summed E-state index contributed by atoms with van der Waals surface area (Å²) >= 11 is 0. The summed E-state index contributed by atoms with van der Waals surface area (Å²) in [7, 11) is 2.05. The lowest BCUT2D eigenvalue weighted by Gasteiger charge is -1.97. The molecule has 1 N–H and O–H groups in total. The number of fused-ring (bicyclic) bond motifs is 1. The van der Waals surface area contributed by atoms with Crippen LogP contribution in [-0.2, 0) is 7.05 Å². The van der Waals surface area contributed by atoms with Gasteiger partial charge in [0, 0.05) is 20.4 Å². The van der Waals surface area contributed by atoms with Gasteiger partial charge in [-0.15, -0.1) is 0 Å². The molecule has 0 atom stereocenters. The third-order valence-corrected chi connectivity index (χ3v) is 3.42. The zero-order chi connectivity index (χ0) is 15.6. The fourth-order valence-corrected chi connectivity index (χ4v) is 2.25. The van der Waals surface area contributed by atoms with Gasteiger partial charge in [-0.25, -0.2) is 9.97 Å². The van der Waals surface area contributed by atoms with Crippen LogP contribution in [0.25, 0.3) is 22.7 Å². The predicted molar refractivity (Wildman–Crippen MR) is 90.6 cm³/mol. The van der Waals surface area contributed by atoms with Crippen molar-refractivity contribution < 1.29 is 1.43 Å². The van der Waals surface area contributed by atoms with E-state index in [4.69, 9.17) is 0 Å². The first-order chi connectivity index (χ1) is 10.0. The largest absolute Gasteiger partial charge is 0.348 e. The van der Waals surface area contributed by atoms with Crippen molar-refractivity contribution in [2.24, 2.45) is 7.05 Å². The highest BCUT2D eigenvalue weighted by Gasteiger charge is 2.12. The van der Waals surface area contributed by atoms with E-state index in [1.165, 1.54) is 5.56 Å². The number of nitrogens with one attached hydrogen (secondary N) is 1. The summed E-state index contributed by atoms with van der Waals surface area (Å²) in [5.41, 5.74) is 5.16. The molecule has 4 nitrogen and oxygen atoms in total. The molecule has 0 fully saturated rings. The Hall–Kier alpha value is -2.10. The molecule has 0 aromatic carbocycles. The quantitative estimate of drug-likeness (QED) is 0.744. The van der Waals surface area contributed by atoms with Crippen molar-refractivity contribution in [3.8, 4) is 11.5 Å². The summed E-state index contributed by atoms with van der Waals surface area (Å²) in [6, 6.07) is 6.21. The Balaban J connectivity index is 0.000000775. The predicted octanol–water partition coefficient (Wildman–Crippen LogP) is 4.67. The second-order valence-corrected chi connectivity index (χ2v) is 5.33. The van der Waals surface area contributed by atoms with Gasteiger partial charge in [0.1, 0.15) is 0 Å². The summed E-state index contributed by atoms with van der Waals surface area (Å²) in [6.07, 6.45) is 2.16. The molecule has 21 heavy (non-hydrogen) atoms. The molecule has 4 heteroatoms. The van der Waals surface area contributed by atoms with E-state index >= 15 is 0 Å². The fraction of sp³-hybridized carbons (Fsp3) is 0.412. The number of pyridine rings is 1. The monoisotopic (exact) mass is 286 g/mol. The molecule has 3 heterocycles. The van der Waals surface area contributed by atoms with Crippen LogP contribution >= 0.6 is 0 Å². The molecule has 3 aromatic heterocycles. The molecule has 0 aliphatic rings. The van der Waals surface area contributed by atoms with Crippen molar-refractivity contribution >= 4 is 11.2 Å². The standard InChI is InChI=1S/C15H18N4.C2H6.H2/c1-9(2)11-7-13(19(4)8-11)15-17-12-6-5-10(3)16-14(12)18-15;1-2;/h5-9H,1-4H3,(H,16,17,18);1-2H3;1H. The first kappa shape index (κ1) is 15.3. The van der Waals surface area contributed by atoms with Gasteiger partial charge in [-0.3, -0.25) is 0 Å². The number of imidazole rings is 1. The molecule has 0 unspecified atom stereocenters. The van der Waals surface area contributed by atoms with Crippen LogP contribution in [0.1, 0.15) is 46.3 Å². The number of hydrogen-bond donors (Lipinski definition) is 1. The van der Waals surface area contributed by atoms with Crippen molar-refractivity contribution in [3.05, 3.63) is 35.7 Å². The lowest BCUT2D eigenvalue weighted by atomic mass is 10.1. The molecule has 3 rings (SSSR count). The van der Waals surface area contributed by atoms with E-state index < -0.39 is 0 Å². The minimum Gasteiger partial charge on any atom is -0.348 e. The van der Waals surface area contributed by atoms with Crippen molar-refractivity contribution in [1.82, 2.24) is 19.5 Å². The summed E-state index contributed by atoms with van der Waals surface area (Å²) in [4.78, 5) is 12.4. The SMILES string of the molecule is CC.Cc1ccc2[nH]c(-c3cc(C(C)C)cn3C)nc2n1.[HH]. The van der Waals surface area contributed by atoms with Gasteiger partial charge in [0.25, 0.3) is 0 Å². The second-order valence-electron chi connectivity index (χ2n) is 5.33. The van der Waals surface area contributed by atoms with Crippen molar-refractivity contribution in [2.45, 2.75) is 40.5 Å². The first-order valence-electron chi connectivity index (χ1n) is 7.54. The van der Waals surface area contributed by atoms with Crippen LogP contribution in [0, 0.1) is 6.92 Å². The zero-order valence-electron chi connectivity index (χ0n) is 13.7. The fourth-order valence-electron chi connectivity index (χ4n) is 2.25. The van der Waals surface area contributed by atoms with Crippen LogP contribution in [0.2, 0.25) is 0 Å². The Labute approximate surface area is 127 Å². The van der Waals surface area contributed by atoms with Gasteiger partial charge < -0.3 is 9.55 Å². The normalized spacial score (nSPS) is 10.8. The Morgan fingerprint density at radius 1 is 1.19 bits per heavy atom. The maximum absolute atomic E-state index is 4.59. The summed E-state index contributed by atoms with van der Waals surface area (Å²) in [6.45, 7) is 10.4. The van der Waals surface area contributed by atoms with Gasteiger partial charge in [0.2, 0.25) is 0 Å². The zero-order valence-corrected chi connectivity index (χ0v) is 13.7. The second kappa shape index (κ2) is 6.12. The number of aromatic nitrogens is 4. The van der Waals surface area contributed by atoms with Crippen LogP contribution in [0.4, 0.5) is 0 Å². The van der Waals surface area contributed by atoms with E-state index in [-0.39, 0.29) is 1.43 Å². The Morgan fingerprint density at radius 2 is 1.90 bits per heavy atom. The van der Waals surface area contributed by atoms with Crippen molar-refractivity contribution in [3.63, 3.8) is 0 Å². The molecule has 0 saturated carbocycles. The molecule has 0 saturated heterocycles. The smallest absolute Gasteiger partial charge is 0.178 e. The molecular formula is C17H26N4. The van der Waals surface area contributed by atoms with E-state index in [2.05, 4.69) is 45.6 Å². The van der Waals surface area contributed by atoms with Crippen molar-refractivity contribution in [2.75, 3.05) is 0 Å². The van der Waals surface area contributed by atoms with Crippen LogP contribution in [0.5, 0.6) is 0 Å². The van der Waals surface area contributed by atoms with Gasteiger partial charge in [-0.2, -0.15) is 0 Å². The van der Waals surface area contributed by atoms with Gasteiger partial charge in [-0.05, 0) is 36.6 Å². The lowest BCUT2D eigenvalue weighted by molar-refractivity contribution is 0.849. The van der Waals surface area contributed by atoms with E-state index in [1.54, 1.807) is 0 Å². The van der Waals surface area contributed by atoms with Gasteiger partial charge in [-0.1, -0.05) is 27.7 Å². The minimum absolute atomic E-state index is 0. The number of H-pyrrole nitrogens is 1. The number of aromatic amines is 1. The maximum Gasteiger partial charge on any atom is 0.178 e. The maximum atomic E-state index is 4.59. The van der Waals surface area contributed by atoms with Crippen LogP contribution < -0.4 is 0 Å². The molecular weight excluding hydrogens is 260 g/mol. The highest BCUT2D eigenvalue weighted by atomic mass is 15.0. The number of rotatable bonds is 2. The highest BCUT2D eigenvalue weighted by Crippen LogP contribution is 2.25. The minimum atomic E-state index is 0. The average molecular weight is 286 g/mol. The molecule has 0 spiro atoms. The third kappa shape index (κ3) is 2.99. The van der Waals surface area contributed by atoms with E-state index in [1.807, 2.05) is 40.0 Å². The first-order valence-corrected chi connectivity index (χ1v) is 7.54. The number of hydrogen-bond acceptors (Lipinski definition) is 2. The topological polar surface area (TPSA) is 46.5 Å². The van der Waals surface area contributed by atoms with Crippen molar-refractivity contribution in [1.29, 1.82) is 0 Å². The van der Waals surface area contributed by atoms with Gasteiger partial charge in [0.05, 0.1) is 11.2 Å². The number of aryl methyl sites for hydroxylation is 2. The number of nitrogens with zero attached hydrogens (tertiary/aromatic N) is 3. The van der Waals surface area contributed by atoms with E-state index in [9.17, 15) is 0 Å². The summed E-state index contributed by atoms with van der Waals surface area (Å²) in [5, 5.41) is 0. The molecule has 0 aliphatic heterocycles. The lowest BCUT2D eigenvalue weighted by Crippen LogP contribution is -1.90. The van der Waals surface area contributed by atoms with Gasteiger partial charge in [0.15, 0.2) is 11.5 Å². The molecule has 0 amide bonds. The Kier molecular flexibility index (Phi) is 4.46. The van der Waals surface area contributed by atoms with Crippen LogP contribution in [-0.4, -0.2) is 19.5 Å². The summed E-state index contributed by atoms with van der Waals surface area (Å²) in [5.74, 6) is 1.40. The average Bonchev–Trinajstić information content (AvgIpc) is 3.03. The molecule has 114 valence electrons. The van der Waals surface area contributed by atoms with E-state index in [0.717, 1.165) is 28.4 Å². The molecule has 3 aromatic rings. The Morgan fingerprint density at radius 3 is 2.52 bits per heavy atom. The Bertz CT molecular complexity index is 740. The highest BCUT2D eigenvalue weighted by molar-refractivity contribution is 5.75. The molecule has 0 radical (unpaired) electrons. The van der Waals surface area contributed by atoms with Crippen LogP contribution in [0.3, 0.4) is 0 Å². The van der Waals surface area contributed by atoms with Gasteiger partial charge >= 0.3 is 0 Å². The molecule has 0 bridgehead atoms. The van der Waals surface area contributed by atoms with Crippen LogP contribution in [0.15, 0.2) is 24.4 Å². The third-order valence-electron chi connectivity index (χ3n) is 3.42.